The summed E-state index contributed by atoms with van der Waals surface area (Å²) in [5.41, 5.74) is 2.28. The third kappa shape index (κ3) is 3.59. The van der Waals surface area contributed by atoms with E-state index in [1.165, 1.54) is 12.8 Å². The van der Waals surface area contributed by atoms with Crippen LogP contribution in [-0.4, -0.2) is 11.0 Å². The van der Waals surface area contributed by atoms with Gasteiger partial charge < -0.3 is 5.32 Å². The van der Waals surface area contributed by atoms with Crippen LogP contribution in [0.5, 0.6) is 0 Å². The quantitative estimate of drug-likeness (QED) is 0.786. The highest BCUT2D eigenvalue weighted by Gasteiger charge is 2.28. The lowest BCUT2D eigenvalue weighted by atomic mass is 10.1. The second-order valence-corrected chi connectivity index (χ2v) is 7.52. The molecule has 2 aromatic rings. The third-order valence-corrected chi connectivity index (χ3v) is 5.30. The van der Waals surface area contributed by atoms with Gasteiger partial charge in [-0.1, -0.05) is 43.1 Å². The standard InChI is InChI=1S/C16H18Cl2N2S/c1-9(2)14-8-21-16(20-14)15(19-11-4-5-11)10-3-6-12(17)13(18)7-10/h3,6-9,11,15,19H,4-5H2,1-2H3. The minimum Gasteiger partial charge on any atom is -0.301 e. The fraction of sp³-hybridized carbons (Fsp3) is 0.438. The van der Waals surface area contributed by atoms with Crippen molar-refractivity contribution in [2.75, 3.05) is 0 Å². The van der Waals surface area contributed by atoms with E-state index in [0.717, 1.165) is 16.3 Å². The van der Waals surface area contributed by atoms with Crippen LogP contribution in [0.2, 0.25) is 10.0 Å². The summed E-state index contributed by atoms with van der Waals surface area (Å²) in [5, 5.41) is 8.11. The Morgan fingerprint density at radius 1 is 1.24 bits per heavy atom. The van der Waals surface area contributed by atoms with Gasteiger partial charge >= 0.3 is 0 Å². The Labute approximate surface area is 139 Å². The van der Waals surface area contributed by atoms with Gasteiger partial charge in [0.05, 0.1) is 21.8 Å². The van der Waals surface area contributed by atoms with Gasteiger partial charge in [-0.15, -0.1) is 11.3 Å². The van der Waals surface area contributed by atoms with Crippen molar-refractivity contribution in [2.24, 2.45) is 0 Å². The number of rotatable bonds is 5. The molecule has 0 amide bonds. The van der Waals surface area contributed by atoms with Crippen LogP contribution in [0, 0.1) is 0 Å². The Morgan fingerprint density at radius 3 is 2.57 bits per heavy atom. The summed E-state index contributed by atoms with van der Waals surface area (Å²) >= 11 is 13.9. The molecule has 0 spiro atoms. The van der Waals surface area contributed by atoms with Crippen LogP contribution in [0.1, 0.15) is 54.9 Å². The Hall–Kier alpha value is -0.610. The van der Waals surface area contributed by atoms with E-state index in [9.17, 15) is 0 Å². The van der Waals surface area contributed by atoms with Gasteiger partial charge in [0.1, 0.15) is 5.01 Å². The van der Waals surface area contributed by atoms with Crippen LogP contribution in [-0.2, 0) is 0 Å². The van der Waals surface area contributed by atoms with Crippen LogP contribution in [0.15, 0.2) is 23.6 Å². The zero-order valence-electron chi connectivity index (χ0n) is 12.1. The maximum atomic E-state index is 6.18. The molecule has 0 aliphatic heterocycles. The van der Waals surface area contributed by atoms with Gasteiger partial charge in [0.25, 0.3) is 0 Å². The van der Waals surface area contributed by atoms with Crippen molar-refractivity contribution in [3.05, 3.63) is 49.9 Å². The highest BCUT2D eigenvalue weighted by atomic mass is 35.5. The van der Waals surface area contributed by atoms with Crippen molar-refractivity contribution in [3.63, 3.8) is 0 Å². The average molecular weight is 341 g/mol. The number of hydrogen-bond acceptors (Lipinski definition) is 3. The summed E-state index contributed by atoms with van der Waals surface area (Å²) in [6.07, 6.45) is 2.47. The first-order chi connectivity index (χ1) is 10.0. The Bertz CT molecular complexity index is 635. The Kier molecular flexibility index (Phi) is 4.55. The lowest BCUT2D eigenvalue weighted by Gasteiger charge is -2.17. The van der Waals surface area contributed by atoms with Gasteiger partial charge in [0.15, 0.2) is 0 Å². The molecule has 1 unspecified atom stereocenters. The highest BCUT2D eigenvalue weighted by Crippen LogP contribution is 2.34. The molecule has 112 valence electrons. The Balaban J connectivity index is 1.93. The molecule has 0 saturated heterocycles. The molecule has 1 saturated carbocycles. The molecule has 2 nitrogen and oxygen atoms in total. The predicted octanol–water partition coefficient (Wildman–Crippen LogP) is 5.41. The molecule has 1 heterocycles. The minimum absolute atomic E-state index is 0.102. The van der Waals surface area contributed by atoms with E-state index in [-0.39, 0.29) is 6.04 Å². The van der Waals surface area contributed by atoms with Crippen LogP contribution in [0.3, 0.4) is 0 Å². The van der Waals surface area contributed by atoms with E-state index < -0.39 is 0 Å². The molecule has 1 aromatic carbocycles. The van der Waals surface area contributed by atoms with Crippen molar-refractivity contribution in [1.82, 2.24) is 10.3 Å². The maximum absolute atomic E-state index is 6.18. The molecular weight excluding hydrogens is 323 g/mol. The van der Waals surface area contributed by atoms with E-state index in [1.807, 2.05) is 18.2 Å². The van der Waals surface area contributed by atoms with Crippen molar-refractivity contribution in [2.45, 2.75) is 44.7 Å². The number of thiazole rings is 1. The predicted molar refractivity (Wildman–Crippen MR) is 90.7 cm³/mol. The summed E-state index contributed by atoms with van der Waals surface area (Å²) in [7, 11) is 0. The molecule has 1 aromatic heterocycles. The zero-order chi connectivity index (χ0) is 15.0. The summed E-state index contributed by atoms with van der Waals surface area (Å²) in [5.74, 6) is 0.449. The molecule has 3 rings (SSSR count). The van der Waals surface area contributed by atoms with Gasteiger partial charge in [-0.3, -0.25) is 0 Å². The average Bonchev–Trinajstić information content (AvgIpc) is 3.13. The van der Waals surface area contributed by atoms with Gasteiger partial charge in [0.2, 0.25) is 0 Å². The highest BCUT2D eigenvalue weighted by molar-refractivity contribution is 7.09. The summed E-state index contributed by atoms with van der Waals surface area (Å²) in [6, 6.07) is 6.53. The van der Waals surface area contributed by atoms with Crippen LogP contribution in [0.4, 0.5) is 0 Å². The fourth-order valence-corrected chi connectivity index (χ4v) is 3.56. The number of nitrogens with zero attached hydrogens (tertiary/aromatic N) is 1. The number of nitrogens with one attached hydrogen (secondary N) is 1. The van der Waals surface area contributed by atoms with Gasteiger partial charge in [0, 0.05) is 11.4 Å². The summed E-state index contributed by atoms with van der Waals surface area (Å²) in [6.45, 7) is 4.34. The molecule has 5 heteroatoms. The molecule has 1 aliphatic rings. The van der Waals surface area contributed by atoms with E-state index in [2.05, 4.69) is 24.5 Å². The van der Waals surface area contributed by atoms with E-state index in [0.29, 0.717) is 22.0 Å². The van der Waals surface area contributed by atoms with Crippen LogP contribution < -0.4 is 5.32 Å². The first-order valence-electron chi connectivity index (χ1n) is 7.21. The molecule has 1 fully saturated rings. The van der Waals surface area contributed by atoms with Crippen LogP contribution in [0.25, 0.3) is 0 Å². The Morgan fingerprint density at radius 2 is 2.00 bits per heavy atom. The maximum Gasteiger partial charge on any atom is 0.114 e. The largest absolute Gasteiger partial charge is 0.301 e. The molecule has 0 bridgehead atoms. The van der Waals surface area contributed by atoms with Crippen molar-refractivity contribution < 1.29 is 0 Å². The summed E-state index contributed by atoms with van der Waals surface area (Å²) < 4.78 is 0. The van der Waals surface area contributed by atoms with Crippen molar-refractivity contribution >= 4 is 34.5 Å². The van der Waals surface area contributed by atoms with E-state index >= 15 is 0 Å². The van der Waals surface area contributed by atoms with Gasteiger partial charge in [-0.05, 0) is 36.5 Å². The second-order valence-electron chi connectivity index (χ2n) is 5.81. The monoisotopic (exact) mass is 340 g/mol. The molecule has 0 radical (unpaired) electrons. The smallest absolute Gasteiger partial charge is 0.114 e. The van der Waals surface area contributed by atoms with Gasteiger partial charge in [-0.25, -0.2) is 4.98 Å². The third-order valence-electron chi connectivity index (χ3n) is 3.63. The molecular formula is C16H18Cl2N2S. The van der Waals surface area contributed by atoms with Crippen LogP contribution >= 0.6 is 34.5 Å². The number of aromatic nitrogens is 1. The lowest BCUT2D eigenvalue weighted by molar-refractivity contribution is 0.595. The number of benzene rings is 1. The first-order valence-corrected chi connectivity index (χ1v) is 8.84. The van der Waals surface area contributed by atoms with E-state index in [4.69, 9.17) is 28.2 Å². The number of halogens is 2. The normalized spacial score (nSPS) is 16.4. The molecule has 21 heavy (non-hydrogen) atoms. The molecule has 1 N–H and O–H groups in total. The van der Waals surface area contributed by atoms with Crippen molar-refractivity contribution in [3.8, 4) is 0 Å². The zero-order valence-corrected chi connectivity index (χ0v) is 14.4. The molecule has 1 aliphatic carbocycles. The van der Waals surface area contributed by atoms with Crippen molar-refractivity contribution in [1.29, 1.82) is 0 Å². The minimum atomic E-state index is 0.102. The topological polar surface area (TPSA) is 24.9 Å². The molecule has 1 atom stereocenters. The second kappa shape index (κ2) is 6.25. The van der Waals surface area contributed by atoms with E-state index in [1.54, 1.807) is 11.3 Å². The SMILES string of the molecule is CC(C)c1csc(C(NC2CC2)c2ccc(Cl)c(Cl)c2)n1. The fourth-order valence-electron chi connectivity index (χ4n) is 2.19. The summed E-state index contributed by atoms with van der Waals surface area (Å²) in [4.78, 5) is 4.80. The first kappa shape index (κ1) is 15.3. The number of hydrogen-bond donors (Lipinski definition) is 1. The lowest BCUT2D eigenvalue weighted by Crippen LogP contribution is -2.24. The van der Waals surface area contributed by atoms with Gasteiger partial charge in [-0.2, -0.15) is 0 Å².